The summed E-state index contributed by atoms with van der Waals surface area (Å²) in [6, 6.07) is 9.91. The Morgan fingerprint density at radius 3 is 2.30 bits per heavy atom. The Balaban J connectivity index is 2.03. The smallest absolute Gasteiger partial charge is 0.223 e. The van der Waals surface area contributed by atoms with E-state index in [-0.39, 0.29) is 17.6 Å². The summed E-state index contributed by atoms with van der Waals surface area (Å²) in [6.07, 6.45) is 4.33. The predicted octanol–water partition coefficient (Wildman–Crippen LogP) is 3.15. The lowest BCUT2D eigenvalue weighted by Gasteiger charge is -2.28. The number of piperidine rings is 1. The first kappa shape index (κ1) is 14.8. The first-order valence-corrected chi connectivity index (χ1v) is 7.49. The molecule has 0 N–H and O–H groups in total. The van der Waals surface area contributed by atoms with Crippen molar-refractivity contribution in [3.8, 4) is 0 Å². The molecule has 1 heterocycles. The van der Waals surface area contributed by atoms with Crippen molar-refractivity contribution >= 4 is 11.7 Å². The summed E-state index contributed by atoms with van der Waals surface area (Å²) in [7, 11) is 0. The number of rotatable bonds is 5. The first-order valence-electron chi connectivity index (χ1n) is 7.49. The van der Waals surface area contributed by atoms with Crippen molar-refractivity contribution in [2.24, 2.45) is 0 Å². The monoisotopic (exact) mass is 273 g/mol. The second-order valence-electron chi connectivity index (χ2n) is 5.66. The minimum absolute atomic E-state index is 0.0168. The maximum absolute atomic E-state index is 12.4. The van der Waals surface area contributed by atoms with E-state index in [0.29, 0.717) is 12.8 Å². The molecule has 0 unspecified atom stereocenters. The fourth-order valence-electron chi connectivity index (χ4n) is 2.86. The van der Waals surface area contributed by atoms with E-state index in [1.54, 1.807) is 6.92 Å². The third-order valence-corrected chi connectivity index (χ3v) is 3.93. The molecule has 108 valence electrons. The molecule has 3 heteroatoms. The molecule has 0 radical (unpaired) electrons. The van der Waals surface area contributed by atoms with Gasteiger partial charge < -0.3 is 9.69 Å². The second-order valence-corrected chi connectivity index (χ2v) is 5.66. The molecule has 0 spiro atoms. The normalized spacial score (nSPS) is 16.8. The second kappa shape index (κ2) is 7.22. The van der Waals surface area contributed by atoms with E-state index in [4.69, 9.17) is 0 Å². The third-order valence-electron chi connectivity index (χ3n) is 3.93. The molecule has 1 aromatic carbocycles. The number of hydrogen-bond acceptors (Lipinski definition) is 2. The van der Waals surface area contributed by atoms with E-state index in [9.17, 15) is 9.59 Å². The van der Waals surface area contributed by atoms with Crippen LogP contribution in [0.5, 0.6) is 0 Å². The minimum Gasteiger partial charge on any atom is -0.343 e. The van der Waals surface area contributed by atoms with Gasteiger partial charge in [0.25, 0.3) is 0 Å². The number of likely N-dealkylation sites (tertiary alicyclic amines) is 1. The van der Waals surface area contributed by atoms with Gasteiger partial charge in [-0.1, -0.05) is 30.3 Å². The van der Waals surface area contributed by atoms with E-state index >= 15 is 0 Å². The van der Waals surface area contributed by atoms with Crippen molar-refractivity contribution in [3.63, 3.8) is 0 Å². The fraction of sp³-hybridized carbons (Fsp3) is 0.529. The zero-order valence-corrected chi connectivity index (χ0v) is 12.2. The first-order chi connectivity index (χ1) is 9.66. The van der Waals surface area contributed by atoms with E-state index in [1.807, 2.05) is 35.2 Å². The Kier molecular flexibility index (Phi) is 5.33. The maximum Gasteiger partial charge on any atom is 0.223 e. The third kappa shape index (κ3) is 4.19. The predicted molar refractivity (Wildman–Crippen MR) is 79.5 cm³/mol. The molecule has 3 nitrogen and oxygen atoms in total. The molecule has 0 saturated carbocycles. The molecule has 2 rings (SSSR count). The molecule has 1 fully saturated rings. The number of hydrogen-bond donors (Lipinski definition) is 0. The van der Waals surface area contributed by atoms with Crippen molar-refractivity contribution in [1.29, 1.82) is 0 Å². The number of carbonyl (C=O) groups is 2. The Morgan fingerprint density at radius 2 is 1.70 bits per heavy atom. The van der Waals surface area contributed by atoms with Crippen molar-refractivity contribution in [2.45, 2.75) is 44.9 Å². The summed E-state index contributed by atoms with van der Waals surface area (Å²) in [5, 5.41) is 0. The van der Waals surface area contributed by atoms with Gasteiger partial charge in [-0.15, -0.1) is 0 Å². The van der Waals surface area contributed by atoms with Gasteiger partial charge in [0, 0.05) is 25.9 Å². The fourth-order valence-corrected chi connectivity index (χ4v) is 2.86. The SMILES string of the molecule is CC(=O)C[C@@H](CC(=O)N1CCCCC1)c1ccccc1. The lowest BCUT2D eigenvalue weighted by atomic mass is 9.90. The van der Waals surface area contributed by atoms with Gasteiger partial charge >= 0.3 is 0 Å². The van der Waals surface area contributed by atoms with Crippen molar-refractivity contribution < 1.29 is 9.59 Å². The minimum atomic E-state index is 0.0168. The lowest BCUT2D eigenvalue weighted by Crippen LogP contribution is -2.36. The summed E-state index contributed by atoms with van der Waals surface area (Å²) in [6.45, 7) is 3.35. The van der Waals surface area contributed by atoms with Gasteiger partial charge in [0.1, 0.15) is 5.78 Å². The quantitative estimate of drug-likeness (QED) is 0.826. The Labute approximate surface area is 121 Å². The topological polar surface area (TPSA) is 37.4 Å². The Hall–Kier alpha value is -1.64. The standard InChI is InChI=1S/C17H23NO2/c1-14(19)12-16(15-8-4-2-5-9-15)13-17(20)18-10-6-3-7-11-18/h2,4-5,8-9,16H,3,6-7,10-13H2,1H3/t16-/m0/s1. The van der Waals surface area contributed by atoms with Crippen molar-refractivity contribution in [1.82, 2.24) is 4.90 Å². The van der Waals surface area contributed by atoms with Crippen LogP contribution in [-0.4, -0.2) is 29.7 Å². The summed E-state index contributed by atoms with van der Waals surface area (Å²) in [5.74, 6) is 0.355. The summed E-state index contributed by atoms with van der Waals surface area (Å²) in [4.78, 5) is 25.8. The average molecular weight is 273 g/mol. The molecular weight excluding hydrogens is 250 g/mol. The number of carbonyl (C=O) groups excluding carboxylic acids is 2. The van der Waals surface area contributed by atoms with Crippen LogP contribution in [0.3, 0.4) is 0 Å². The van der Waals surface area contributed by atoms with Crippen molar-refractivity contribution in [2.75, 3.05) is 13.1 Å². The van der Waals surface area contributed by atoms with Crippen LogP contribution in [0.25, 0.3) is 0 Å². The van der Waals surface area contributed by atoms with E-state index in [1.165, 1.54) is 6.42 Å². The lowest BCUT2D eigenvalue weighted by molar-refractivity contribution is -0.132. The van der Waals surface area contributed by atoms with E-state index in [0.717, 1.165) is 31.5 Å². The highest BCUT2D eigenvalue weighted by molar-refractivity contribution is 5.80. The largest absolute Gasteiger partial charge is 0.343 e. The molecule has 20 heavy (non-hydrogen) atoms. The van der Waals surface area contributed by atoms with Crippen LogP contribution in [0.2, 0.25) is 0 Å². The van der Waals surface area contributed by atoms with Gasteiger partial charge in [0.15, 0.2) is 0 Å². The summed E-state index contributed by atoms with van der Waals surface area (Å²) in [5.41, 5.74) is 1.09. The number of Topliss-reactive ketones (excluding diaryl/α,β-unsaturated/α-hetero) is 1. The van der Waals surface area contributed by atoms with Crippen molar-refractivity contribution in [3.05, 3.63) is 35.9 Å². The van der Waals surface area contributed by atoms with Crippen LogP contribution < -0.4 is 0 Å². The van der Waals surface area contributed by atoms with Gasteiger partial charge in [0.05, 0.1) is 0 Å². The van der Waals surface area contributed by atoms with Gasteiger partial charge in [-0.3, -0.25) is 4.79 Å². The molecule has 0 bridgehead atoms. The van der Waals surface area contributed by atoms with Gasteiger partial charge in [0.2, 0.25) is 5.91 Å². The highest BCUT2D eigenvalue weighted by Gasteiger charge is 2.22. The molecule has 0 aromatic heterocycles. The van der Waals surface area contributed by atoms with Crippen LogP contribution in [-0.2, 0) is 9.59 Å². The van der Waals surface area contributed by atoms with Gasteiger partial charge in [-0.2, -0.15) is 0 Å². The van der Waals surface area contributed by atoms with E-state index < -0.39 is 0 Å². The number of amides is 1. The number of ketones is 1. The molecule has 1 aliphatic rings. The van der Waals surface area contributed by atoms with Crippen LogP contribution in [0.4, 0.5) is 0 Å². The zero-order valence-electron chi connectivity index (χ0n) is 12.2. The molecule has 0 aliphatic carbocycles. The van der Waals surface area contributed by atoms with E-state index in [2.05, 4.69) is 0 Å². The summed E-state index contributed by atoms with van der Waals surface area (Å²) < 4.78 is 0. The molecule has 1 aromatic rings. The average Bonchev–Trinajstić information content (AvgIpc) is 2.48. The zero-order chi connectivity index (χ0) is 14.4. The number of nitrogens with zero attached hydrogens (tertiary/aromatic N) is 1. The van der Waals surface area contributed by atoms with Crippen LogP contribution in [0.1, 0.15) is 50.5 Å². The van der Waals surface area contributed by atoms with Gasteiger partial charge in [-0.05, 0) is 37.7 Å². The highest BCUT2D eigenvalue weighted by atomic mass is 16.2. The summed E-state index contributed by atoms with van der Waals surface area (Å²) >= 11 is 0. The number of benzene rings is 1. The van der Waals surface area contributed by atoms with Gasteiger partial charge in [-0.25, -0.2) is 0 Å². The van der Waals surface area contributed by atoms with Crippen LogP contribution >= 0.6 is 0 Å². The highest BCUT2D eigenvalue weighted by Crippen LogP contribution is 2.25. The molecule has 1 atom stereocenters. The molecule has 1 amide bonds. The molecule has 1 saturated heterocycles. The Bertz CT molecular complexity index is 449. The maximum atomic E-state index is 12.4. The Morgan fingerprint density at radius 1 is 1.05 bits per heavy atom. The van der Waals surface area contributed by atoms with Crippen LogP contribution in [0, 0.1) is 0 Å². The van der Waals surface area contributed by atoms with Crippen LogP contribution in [0.15, 0.2) is 30.3 Å². The molecule has 1 aliphatic heterocycles. The molecular formula is C17H23NO2.